The molecule has 0 unspecified atom stereocenters. The lowest BCUT2D eigenvalue weighted by Gasteiger charge is -2.33. The number of benzene rings is 1. The number of pyridine rings is 1. The monoisotopic (exact) mass is 451 g/mol. The molecule has 2 aromatic rings. The molecule has 4 heterocycles. The van der Waals surface area contributed by atoms with Crippen molar-refractivity contribution in [2.75, 3.05) is 23.4 Å². The summed E-state index contributed by atoms with van der Waals surface area (Å²) in [6, 6.07) is 10.3. The van der Waals surface area contributed by atoms with E-state index < -0.39 is 6.10 Å². The number of hydrogen-bond acceptors (Lipinski definition) is 6. The Morgan fingerprint density at radius 2 is 2.09 bits per heavy atom. The number of aromatic nitrogens is 1. The Bertz CT molecular complexity index is 1000. The van der Waals surface area contributed by atoms with Crippen LogP contribution in [-0.4, -0.2) is 48.5 Å². The lowest BCUT2D eigenvalue weighted by atomic mass is 9.92. The van der Waals surface area contributed by atoms with Gasteiger partial charge in [-0.3, -0.25) is 4.79 Å². The quantitative estimate of drug-likeness (QED) is 0.736. The Labute approximate surface area is 195 Å². The van der Waals surface area contributed by atoms with E-state index in [4.69, 9.17) is 14.2 Å². The predicted octanol–water partition coefficient (Wildman–Crippen LogP) is 4.54. The largest absolute Gasteiger partial charge is 0.378 e. The van der Waals surface area contributed by atoms with Crippen molar-refractivity contribution >= 4 is 23.1 Å². The third-order valence-electron chi connectivity index (χ3n) is 6.83. The van der Waals surface area contributed by atoms with Crippen LogP contribution in [0.5, 0.6) is 0 Å². The first-order valence-corrected chi connectivity index (χ1v) is 12.0. The van der Waals surface area contributed by atoms with Crippen LogP contribution in [0.25, 0.3) is 0 Å². The van der Waals surface area contributed by atoms with Crippen LogP contribution in [0.1, 0.15) is 57.1 Å². The zero-order chi connectivity index (χ0) is 22.9. The molecule has 2 fully saturated rings. The summed E-state index contributed by atoms with van der Waals surface area (Å²) in [5, 5.41) is 3.45. The van der Waals surface area contributed by atoms with E-state index in [1.54, 1.807) is 6.20 Å². The van der Waals surface area contributed by atoms with Crippen molar-refractivity contribution in [3.8, 4) is 0 Å². The predicted molar refractivity (Wildman–Crippen MR) is 127 cm³/mol. The van der Waals surface area contributed by atoms with Gasteiger partial charge in [0.2, 0.25) is 0 Å². The molecule has 4 atom stereocenters. The number of fused-ring (bicyclic) bond motifs is 2. The van der Waals surface area contributed by atoms with Crippen LogP contribution < -0.4 is 10.2 Å². The summed E-state index contributed by atoms with van der Waals surface area (Å²) in [5.41, 5.74) is 3.94. The average Bonchev–Trinajstić information content (AvgIpc) is 3.16. The SMILES string of the molecule is CC(C)O[C@H]1CC[C@H](C(=O)N2Cc3cccnc3Nc3ccc([C@H]4CCO[C@H]4C)cc32)OC1. The highest BCUT2D eigenvalue weighted by Gasteiger charge is 2.35. The number of anilines is 3. The van der Waals surface area contributed by atoms with Gasteiger partial charge in [0.15, 0.2) is 0 Å². The van der Waals surface area contributed by atoms with E-state index >= 15 is 0 Å². The normalized spacial score (nSPS) is 27.0. The van der Waals surface area contributed by atoms with Crippen molar-refractivity contribution in [2.45, 2.75) is 76.9 Å². The molecule has 0 spiro atoms. The smallest absolute Gasteiger partial charge is 0.256 e. The maximum absolute atomic E-state index is 13.8. The summed E-state index contributed by atoms with van der Waals surface area (Å²) < 4.78 is 17.7. The van der Waals surface area contributed by atoms with E-state index in [0.717, 1.165) is 42.2 Å². The van der Waals surface area contributed by atoms with Crippen LogP contribution in [-0.2, 0) is 25.5 Å². The average molecular weight is 452 g/mol. The van der Waals surface area contributed by atoms with Gasteiger partial charge in [0.1, 0.15) is 11.9 Å². The Balaban J connectivity index is 1.45. The first-order valence-electron chi connectivity index (χ1n) is 12.0. The summed E-state index contributed by atoms with van der Waals surface area (Å²) in [5.74, 6) is 1.11. The van der Waals surface area contributed by atoms with E-state index in [-0.39, 0.29) is 24.2 Å². The Hall–Kier alpha value is -2.48. The lowest BCUT2D eigenvalue weighted by molar-refractivity contribution is -0.143. The van der Waals surface area contributed by atoms with E-state index in [9.17, 15) is 4.79 Å². The molecule has 33 heavy (non-hydrogen) atoms. The standard InChI is InChI=1S/C26H33N3O4/c1-16(2)33-20-7-9-24(32-15-20)26(30)29-14-19-5-4-11-27-25(19)28-22-8-6-18(13-23(22)29)21-10-12-31-17(21)3/h4-6,8,11,13,16-17,20-21,24H,7,9-10,12,14-15H2,1-3H3,(H,27,28)/t17-,20-,21-,24+/m0/s1. The molecule has 2 saturated heterocycles. The molecule has 176 valence electrons. The van der Waals surface area contributed by atoms with Crippen LogP contribution in [0.2, 0.25) is 0 Å². The summed E-state index contributed by atoms with van der Waals surface area (Å²) in [7, 11) is 0. The third kappa shape index (κ3) is 4.63. The molecule has 1 amide bonds. The maximum Gasteiger partial charge on any atom is 0.256 e. The Morgan fingerprint density at radius 1 is 1.21 bits per heavy atom. The number of rotatable bonds is 4. The second-order valence-corrected chi connectivity index (χ2v) is 9.51. The van der Waals surface area contributed by atoms with Crippen LogP contribution in [0.4, 0.5) is 17.2 Å². The van der Waals surface area contributed by atoms with Gasteiger partial charge >= 0.3 is 0 Å². The van der Waals surface area contributed by atoms with Crippen molar-refractivity contribution in [3.63, 3.8) is 0 Å². The Kier molecular flexibility index (Phi) is 6.36. The fourth-order valence-corrected chi connectivity index (χ4v) is 5.12. The molecule has 3 aliphatic heterocycles. The molecular weight excluding hydrogens is 418 g/mol. The minimum atomic E-state index is -0.472. The van der Waals surface area contributed by atoms with Gasteiger partial charge in [-0.15, -0.1) is 0 Å². The number of carbonyl (C=O) groups excluding carboxylic acids is 1. The van der Waals surface area contributed by atoms with E-state index in [0.29, 0.717) is 25.5 Å². The summed E-state index contributed by atoms with van der Waals surface area (Å²) in [6.07, 6.45) is 4.14. The van der Waals surface area contributed by atoms with Gasteiger partial charge in [0.05, 0.1) is 42.8 Å². The zero-order valence-corrected chi connectivity index (χ0v) is 19.6. The fraction of sp³-hybridized carbons (Fsp3) is 0.538. The highest BCUT2D eigenvalue weighted by Crippen LogP contribution is 2.40. The highest BCUT2D eigenvalue weighted by atomic mass is 16.5. The zero-order valence-electron chi connectivity index (χ0n) is 19.6. The van der Waals surface area contributed by atoms with Gasteiger partial charge < -0.3 is 24.4 Å². The summed E-state index contributed by atoms with van der Waals surface area (Å²) >= 11 is 0. The topological polar surface area (TPSA) is 72.9 Å². The maximum atomic E-state index is 13.8. The van der Waals surface area contributed by atoms with Crippen molar-refractivity contribution in [3.05, 3.63) is 47.7 Å². The van der Waals surface area contributed by atoms with Gasteiger partial charge in [-0.1, -0.05) is 12.1 Å². The molecule has 3 aliphatic rings. The molecular formula is C26H33N3O4. The van der Waals surface area contributed by atoms with Crippen molar-refractivity contribution in [1.82, 2.24) is 4.98 Å². The van der Waals surface area contributed by atoms with Crippen LogP contribution in [0.3, 0.4) is 0 Å². The van der Waals surface area contributed by atoms with Gasteiger partial charge in [-0.2, -0.15) is 0 Å². The summed E-state index contributed by atoms with van der Waals surface area (Å²) in [4.78, 5) is 20.2. The van der Waals surface area contributed by atoms with Gasteiger partial charge in [0, 0.05) is 24.3 Å². The van der Waals surface area contributed by atoms with Crippen LogP contribution in [0.15, 0.2) is 36.5 Å². The lowest BCUT2D eigenvalue weighted by Crippen LogP contribution is -2.44. The van der Waals surface area contributed by atoms with Gasteiger partial charge in [-0.25, -0.2) is 4.98 Å². The van der Waals surface area contributed by atoms with Crippen molar-refractivity contribution in [1.29, 1.82) is 0 Å². The fourth-order valence-electron chi connectivity index (χ4n) is 5.12. The molecule has 7 nitrogen and oxygen atoms in total. The number of ether oxygens (including phenoxy) is 3. The molecule has 0 bridgehead atoms. The Morgan fingerprint density at radius 3 is 2.82 bits per heavy atom. The van der Waals surface area contributed by atoms with E-state index in [1.165, 1.54) is 5.56 Å². The number of hydrogen-bond donors (Lipinski definition) is 1. The third-order valence-corrected chi connectivity index (χ3v) is 6.83. The molecule has 0 radical (unpaired) electrons. The van der Waals surface area contributed by atoms with Crippen molar-refractivity contribution < 1.29 is 19.0 Å². The minimum absolute atomic E-state index is 0.00868. The van der Waals surface area contributed by atoms with Gasteiger partial charge in [-0.05, 0) is 63.8 Å². The number of nitrogens with zero attached hydrogens (tertiary/aromatic N) is 2. The van der Waals surface area contributed by atoms with Crippen molar-refractivity contribution in [2.24, 2.45) is 0 Å². The number of carbonyl (C=O) groups is 1. The van der Waals surface area contributed by atoms with Crippen LogP contribution >= 0.6 is 0 Å². The number of amides is 1. The van der Waals surface area contributed by atoms with Gasteiger partial charge in [0.25, 0.3) is 5.91 Å². The molecule has 0 aliphatic carbocycles. The second kappa shape index (κ2) is 9.41. The highest BCUT2D eigenvalue weighted by molar-refractivity contribution is 6.01. The van der Waals surface area contributed by atoms with E-state index in [2.05, 4.69) is 35.4 Å². The second-order valence-electron chi connectivity index (χ2n) is 9.51. The molecule has 7 heteroatoms. The summed E-state index contributed by atoms with van der Waals surface area (Å²) in [6.45, 7) is 7.84. The van der Waals surface area contributed by atoms with E-state index in [1.807, 2.05) is 30.9 Å². The molecule has 5 rings (SSSR count). The first kappa shape index (κ1) is 22.3. The molecule has 1 aromatic carbocycles. The van der Waals surface area contributed by atoms with Crippen LogP contribution in [0, 0.1) is 0 Å². The molecule has 0 saturated carbocycles. The molecule has 1 aromatic heterocycles. The number of nitrogens with one attached hydrogen (secondary N) is 1. The first-order chi connectivity index (χ1) is 16.0. The minimum Gasteiger partial charge on any atom is -0.378 e. The molecule has 1 N–H and O–H groups in total.